The summed E-state index contributed by atoms with van der Waals surface area (Å²) in [6, 6.07) is 6.89. The van der Waals surface area contributed by atoms with E-state index in [-0.39, 0.29) is 19.0 Å². The molecule has 1 aromatic rings. The number of nitrogens with two attached hydrogens (primary N) is 1. The lowest BCUT2D eigenvalue weighted by molar-refractivity contribution is -0.125. The Bertz CT molecular complexity index is 401. The van der Waals surface area contributed by atoms with Crippen LogP contribution in [0.1, 0.15) is 12.5 Å². The van der Waals surface area contributed by atoms with Crippen LogP contribution in [0.25, 0.3) is 0 Å². The van der Waals surface area contributed by atoms with Crippen LogP contribution < -0.4 is 11.1 Å². The van der Waals surface area contributed by atoms with Gasteiger partial charge in [-0.05, 0) is 19.1 Å². The minimum Gasteiger partial charge on any atom is -0.329 e. The first-order valence-corrected chi connectivity index (χ1v) is 5.40. The summed E-state index contributed by atoms with van der Waals surface area (Å²) in [5.74, 6) is -0.319. The van der Waals surface area contributed by atoms with Crippen molar-refractivity contribution in [1.29, 1.82) is 0 Å². The summed E-state index contributed by atoms with van der Waals surface area (Å²) in [6.07, 6.45) is 0. The van der Waals surface area contributed by atoms with Crippen molar-refractivity contribution in [1.82, 2.24) is 4.90 Å². The highest BCUT2D eigenvalue weighted by atomic mass is 16.2. The summed E-state index contributed by atoms with van der Waals surface area (Å²) >= 11 is 0. The number of benzene rings is 1. The topological polar surface area (TPSA) is 75.4 Å². The quantitative estimate of drug-likeness (QED) is 0.830. The molecule has 0 heterocycles. The summed E-state index contributed by atoms with van der Waals surface area (Å²) < 4.78 is 0. The molecule has 3 amide bonds. The number of imide groups is 1. The molecule has 17 heavy (non-hydrogen) atoms. The number of carbonyl (C=O) groups excluding carboxylic acids is 2. The standard InChI is InChI=1S/C12H17N3O2/c1-9-3-5-11(6-4-9)14-12(17)15(8-7-13)10(2)16/h3-6H,7-8,13H2,1-2H3,(H,14,17). The molecule has 3 N–H and O–H groups in total. The molecule has 0 bridgehead atoms. The lowest BCUT2D eigenvalue weighted by Gasteiger charge is -2.18. The lowest BCUT2D eigenvalue weighted by Crippen LogP contribution is -2.41. The summed E-state index contributed by atoms with van der Waals surface area (Å²) in [5, 5.41) is 2.65. The van der Waals surface area contributed by atoms with Gasteiger partial charge in [-0.1, -0.05) is 17.7 Å². The minimum atomic E-state index is -0.452. The molecular weight excluding hydrogens is 218 g/mol. The number of aryl methyl sites for hydroxylation is 1. The van der Waals surface area contributed by atoms with E-state index >= 15 is 0 Å². The number of anilines is 1. The number of nitrogens with zero attached hydrogens (tertiary/aromatic N) is 1. The zero-order chi connectivity index (χ0) is 12.8. The first-order chi connectivity index (χ1) is 8.04. The Hall–Kier alpha value is -1.88. The van der Waals surface area contributed by atoms with Crippen LogP contribution in [0.5, 0.6) is 0 Å². The lowest BCUT2D eigenvalue weighted by atomic mass is 10.2. The van der Waals surface area contributed by atoms with Crippen molar-refractivity contribution in [3.8, 4) is 0 Å². The summed E-state index contributed by atoms with van der Waals surface area (Å²) in [6.45, 7) is 3.76. The molecule has 0 saturated heterocycles. The third-order valence-corrected chi connectivity index (χ3v) is 2.28. The zero-order valence-electron chi connectivity index (χ0n) is 10.1. The van der Waals surface area contributed by atoms with Gasteiger partial charge in [0.2, 0.25) is 5.91 Å². The molecule has 0 unspecified atom stereocenters. The molecule has 0 aliphatic rings. The van der Waals surface area contributed by atoms with Crippen LogP contribution in [0.2, 0.25) is 0 Å². The maximum absolute atomic E-state index is 11.8. The highest BCUT2D eigenvalue weighted by Crippen LogP contribution is 2.09. The fraction of sp³-hybridized carbons (Fsp3) is 0.333. The molecule has 0 aromatic heterocycles. The second-order valence-electron chi connectivity index (χ2n) is 3.76. The number of rotatable bonds is 3. The van der Waals surface area contributed by atoms with Crippen LogP contribution >= 0.6 is 0 Å². The first kappa shape index (κ1) is 13.2. The molecule has 0 atom stereocenters. The number of amides is 3. The molecule has 0 saturated carbocycles. The molecule has 92 valence electrons. The van der Waals surface area contributed by atoms with Crippen LogP contribution in [0.3, 0.4) is 0 Å². The van der Waals surface area contributed by atoms with Gasteiger partial charge in [0, 0.05) is 25.7 Å². The van der Waals surface area contributed by atoms with E-state index in [0.29, 0.717) is 5.69 Å². The largest absolute Gasteiger partial charge is 0.329 e. The van der Waals surface area contributed by atoms with Crippen LogP contribution in [0.15, 0.2) is 24.3 Å². The van der Waals surface area contributed by atoms with E-state index in [1.165, 1.54) is 6.92 Å². The molecule has 1 aromatic carbocycles. The average Bonchev–Trinajstić information content (AvgIpc) is 2.28. The van der Waals surface area contributed by atoms with Crippen molar-refractivity contribution in [3.63, 3.8) is 0 Å². The predicted molar refractivity (Wildman–Crippen MR) is 66.6 cm³/mol. The normalized spacial score (nSPS) is 9.82. The van der Waals surface area contributed by atoms with Gasteiger partial charge in [-0.3, -0.25) is 9.69 Å². The SMILES string of the molecule is CC(=O)N(CCN)C(=O)Nc1ccc(C)cc1. The van der Waals surface area contributed by atoms with Gasteiger partial charge in [0.25, 0.3) is 0 Å². The minimum absolute atomic E-state index is 0.215. The van der Waals surface area contributed by atoms with Gasteiger partial charge < -0.3 is 11.1 Å². The summed E-state index contributed by atoms with van der Waals surface area (Å²) in [4.78, 5) is 24.1. The van der Waals surface area contributed by atoms with Crippen LogP contribution in [-0.4, -0.2) is 29.9 Å². The maximum atomic E-state index is 11.8. The van der Waals surface area contributed by atoms with E-state index in [9.17, 15) is 9.59 Å². The second kappa shape index (κ2) is 6.00. The smallest absolute Gasteiger partial charge is 0.328 e. The molecule has 0 fully saturated rings. The van der Waals surface area contributed by atoms with E-state index in [1.807, 2.05) is 19.1 Å². The number of carbonyl (C=O) groups is 2. The van der Waals surface area contributed by atoms with Gasteiger partial charge in [0.05, 0.1) is 0 Å². The fourth-order valence-corrected chi connectivity index (χ4v) is 1.36. The van der Waals surface area contributed by atoms with Crippen molar-refractivity contribution in [2.75, 3.05) is 18.4 Å². The Labute approximate surface area is 101 Å². The van der Waals surface area contributed by atoms with Crippen molar-refractivity contribution >= 4 is 17.6 Å². The van der Waals surface area contributed by atoms with Crippen molar-refractivity contribution in [2.24, 2.45) is 5.73 Å². The maximum Gasteiger partial charge on any atom is 0.328 e. The molecule has 5 heteroatoms. The predicted octanol–water partition coefficient (Wildman–Crippen LogP) is 1.33. The third-order valence-electron chi connectivity index (χ3n) is 2.28. The van der Waals surface area contributed by atoms with Crippen LogP contribution in [0.4, 0.5) is 10.5 Å². The average molecular weight is 235 g/mol. The third kappa shape index (κ3) is 3.88. The second-order valence-corrected chi connectivity index (χ2v) is 3.76. The van der Waals surface area contributed by atoms with Gasteiger partial charge in [-0.2, -0.15) is 0 Å². The van der Waals surface area contributed by atoms with E-state index in [1.54, 1.807) is 12.1 Å². The van der Waals surface area contributed by atoms with E-state index < -0.39 is 6.03 Å². The zero-order valence-corrected chi connectivity index (χ0v) is 10.1. The van der Waals surface area contributed by atoms with Crippen LogP contribution in [0, 0.1) is 6.92 Å². The molecule has 0 radical (unpaired) electrons. The van der Waals surface area contributed by atoms with E-state index in [2.05, 4.69) is 5.32 Å². The highest BCUT2D eigenvalue weighted by molar-refractivity contribution is 6.00. The Morgan fingerprint density at radius 2 is 1.88 bits per heavy atom. The summed E-state index contributed by atoms with van der Waals surface area (Å²) in [7, 11) is 0. The molecule has 0 spiro atoms. The molecule has 0 aliphatic carbocycles. The number of hydrogen-bond acceptors (Lipinski definition) is 3. The van der Waals surface area contributed by atoms with Gasteiger partial charge in [0.15, 0.2) is 0 Å². The summed E-state index contributed by atoms with van der Waals surface area (Å²) in [5.41, 5.74) is 7.11. The molecule has 0 aliphatic heterocycles. The Morgan fingerprint density at radius 1 is 1.29 bits per heavy atom. The van der Waals surface area contributed by atoms with Crippen LogP contribution in [-0.2, 0) is 4.79 Å². The Kier molecular flexibility index (Phi) is 4.66. The van der Waals surface area contributed by atoms with E-state index in [0.717, 1.165) is 10.5 Å². The van der Waals surface area contributed by atoms with Gasteiger partial charge in [-0.25, -0.2) is 4.79 Å². The van der Waals surface area contributed by atoms with Crippen molar-refractivity contribution in [2.45, 2.75) is 13.8 Å². The van der Waals surface area contributed by atoms with Crippen molar-refractivity contribution < 1.29 is 9.59 Å². The fourth-order valence-electron chi connectivity index (χ4n) is 1.36. The Balaban J connectivity index is 2.69. The monoisotopic (exact) mass is 235 g/mol. The molecule has 5 nitrogen and oxygen atoms in total. The van der Waals surface area contributed by atoms with Gasteiger partial charge in [0.1, 0.15) is 0 Å². The van der Waals surface area contributed by atoms with Crippen molar-refractivity contribution in [3.05, 3.63) is 29.8 Å². The van der Waals surface area contributed by atoms with Gasteiger partial charge >= 0.3 is 6.03 Å². The highest BCUT2D eigenvalue weighted by Gasteiger charge is 2.16. The first-order valence-electron chi connectivity index (χ1n) is 5.40. The molecular formula is C12H17N3O2. The molecule has 1 rings (SSSR count). The number of nitrogens with one attached hydrogen (secondary N) is 1. The number of urea groups is 1. The number of hydrogen-bond donors (Lipinski definition) is 2. The Morgan fingerprint density at radius 3 is 2.35 bits per heavy atom. The van der Waals surface area contributed by atoms with Gasteiger partial charge in [-0.15, -0.1) is 0 Å². The van der Waals surface area contributed by atoms with E-state index in [4.69, 9.17) is 5.73 Å².